The number of carbonyl (C=O) groups excluding carboxylic acids is 1. The Balaban J connectivity index is 1.30. The molecule has 4 aliphatic rings. The molecular formula is C27H31NO3. The largest absolute Gasteiger partial charge is 0.458 e. The fourth-order valence-corrected chi connectivity index (χ4v) is 5.07. The van der Waals surface area contributed by atoms with Gasteiger partial charge in [0.05, 0.1) is 11.1 Å². The number of carbonyl (C=O) groups is 1. The van der Waals surface area contributed by atoms with E-state index in [4.69, 9.17) is 14.5 Å². The molecule has 4 nitrogen and oxygen atoms in total. The van der Waals surface area contributed by atoms with Gasteiger partial charge in [-0.25, -0.2) is 0 Å². The monoisotopic (exact) mass is 417 g/mol. The highest BCUT2D eigenvalue weighted by atomic mass is 16.7. The van der Waals surface area contributed by atoms with Crippen LogP contribution in [0.4, 0.5) is 0 Å². The maximum Gasteiger partial charge on any atom is 0.230 e. The van der Waals surface area contributed by atoms with Crippen molar-refractivity contribution in [2.45, 2.75) is 65.2 Å². The minimum absolute atomic E-state index is 0.295. The third-order valence-electron chi connectivity index (χ3n) is 6.93. The number of hydrogen-bond acceptors (Lipinski definition) is 4. The minimum Gasteiger partial charge on any atom is -0.458 e. The van der Waals surface area contributed by atoms with Crippen LogP contribution in [0.15, 0.2) is 59.1 Å². The average Bonchev–Trinajstić information content (AvgIpc) is 3.45. The van der Waals surface area contributed by atoms with Gasteiger partial charge in [-0.05, 0) is 68.2 Å². The third kappa shape index (κ3) is 4.13. The Labute approximate surface area is 184 Å². The van der Waals surface area contributed by atoms with Gasteiger partial charge in [-0.1, -0.05) is 43.2 Å². The van der Waals surface area contributed by atoms with Crippen molar-refractivity contribution in [3.05, 3.63) is 70.5 Å². The van der Waals surface area contributed by atoms with Crippen molar-refractivity contribution in [2.75, 3.05) is 6.79 Å². The molecule has 3 aliphatic carbocycles. The molecule has 0 spiro atoms. The van der Waals surface area contributed by atoms with E-state index in [2.05, 4.69) is 38.1 Å². The summed E-state index contributed by atoms with van der Waals surface area (Å²) >= 11 is 0. The summed E-state index contributed by atoms with van der Waals surface area (Å²) in [5.74, 6) is 2.75. The second-order valence-electron chi connectivity index (χ2n) is 9.67. The molecule has 31 heavy (non-hydrogen) atoms. The lowest BCUT2D eigenvalue weighted by molar-refractivity contribution is -0.122. The summed E-state index contributed by atoms with van der Waals surface area (Å²) in [5, 5.41) is 0. The summed E-state index contributed by atoms with van der Waals surface area (Å²) in [5.41, 5.74) is 5.60. The second-order valence-corrected chi connectivity index (χ2v) is 9.67. The third-order valence-corrected chi connectivity index (χ3v) is 6.93. The molecule has 0 bridgehead atoms. The predicted molar refractivity (Wildman–Crippen MR) is 121 cm³/mol. The normalized spacial score (nSPS) is 21.6. The van der Waals surface area contributed by atoms with Crippen LogP contribution in [0.25, 0.3) is 5.57 Å². The first kappa shape index (κ1) is 20.3. The Morgan fingerprint density at radius 2 is 1.97 bits per heavy atom. The molecule has 0 aromatic carbocycles. The van der Waals surface area contributed by atoms with Crippen LogP contribution in [0, 0.1) is 11.3 Å². The highest BCUT2D eigenvalue weighted by molar-refractivity contribution is 5.92. The molecule has 1 aliphatic heterocycles. The van der Waals surface area contributed by atoms with Crippen molar-refractivity contribution in [3.63, 3.8) is 0 Å². The van der Waals surface area contributed by atoms with E-state index in [1.807, 2.05) is 12.1 Å². The van der Waals surface area contributed by atoms with E-state index < -0.39 is 0 Å². The number of rotatable bonds is 7. The molecule has 4 heteroatoms. The van der Waals surface area contributed by atoms with E-state index in [1.54, 1.807) is 0 Å². The molecule has 0 radical (unpaired) electrons. The Morgan fingerprint density at radius 1 is 1.10 bits per heavy atom. The van der Waals surface area contributed by atoms with Gasteiger partial charge in [0.2, 0.25) is 6.79 Å². The van der Waals surface area contributed by atoms with Crippen molar-refractivity contribution in [1.82, 2.24) is 4.98 Å². The first-order valence-electron chi connectivity index (χ1n) is 11.6. The fraction of sp³-hybridized carbons (Fsp3) is 0.481. The quantitative estimate of drug-likeness (QED) is 0.541. The minimum atomic E-state index is -0.305. The predicted octanol–water partition coefficient (Wildman–Crippen LogP) is 6.06. The van der Waals surface area contributed by atoms with E-state index in [0.717, 1.165) is 61.4 Å². The van der Waals surface area contributed by atoms with Gasteiger partial charge in [0.15, 0.2) is 5.76 Å². The molecule has 0 atom stereocenters. The summed E-state index contributed by atoms with van der Waals surface area (Å²) in [7, 11) is 0. The van der Waals surface area contributed by atoms with Gasteiger partial charge in [-0.15, -0.1) is 0 Å². The number of hydrogen-bond donors (Lipinski definition) is 0. The van der Waals surface area contributed by atoms with Gasteiger partial charge in [-0.3, -0.25) is 9.78 Å². The summed E-state index contributed by atoms with van der Waals surface area (Å²) in [4.78, 5) is 18.2. The zero-order chi connectivity index (χ0) is 21.4. The van der Waals surface area contributed by atoms with Gasteiger partial charge in [0.1, 0.15) is 11.5 Å². The van der Waals surface area contributed by atoms with Crippen molar-refractivity contribution in [1.29, 1.82) is 0 Å². The Bertz CT molecular complexity index is 1020. The summed E-state index contributed by atoms with van der Waals surface area (Å²) in [6.45, 7) is 4.83. The molecule has 0 N–H and O–H groups in total. The SMILES string of the molecule is CC(C)CC1=CC=C(c2cccc(CC(=O)C3(C4=CC5=C(CC4)OCO5)CC3)n2)CC1. The number of pyridine rings is 1. The lowest BCUT2D eigenvalue weighted by Gasteiger charge is -2.21. The number of Topliss-reactive ketones (excluding diaryl/α,β-unsaturated/α-hetero) is 1. The summed E-state index contributed by atoms with van der Waals surface area (Å²) in [6, 6.07) is 6.10. The zero-order valence-corrected chi connectivity index (χ0v) is 18.6. The summed E-state index contributed by atoms with van der Waals surface area (Å²) < 4.78 is 11.1. The van der Waals surface area contributed by atoms with E-state index in [1.165, 1.54) is 23.1 Å². The smallest absolute Gasteiger partial charge is 0.230 e. The lowest BCUT2D eigenvalue weighted by atomic mass is 9.83. The number of ketones is 1. The van der Waals surface area contributed by atoms with Crippen LogP contribution < -0.4 is 0 Å². The second kappa shape index (κ2) is 8.14. The molecule has 162 valence electrons. The Kier molecular flexibility index (Phi) is 5.33. The number of ether oxygens (including phenoxy) is 2. The first-order valence-corrected chi connectivity index (χ1v) is 11.6. The van der Waals surface area contributed by atoms with E-state index in [-0.39, 0.29) is 5.41 Å². The fourth-order valence-electron chi connectivity index (χ4n) is 5.07. The standard InChI is InChI=1S/C27H31NO3/c1-18(2)14-19-6-8-20(9-7-19)23-5-3-4-22(28-23)16-26(29)27(12-13-27)21-10-11-24-25(15-21)31-17-30-24/h3-6,8,15,18H,7,9-14,16-17H2,1-2H3. The lowest BCUT2D eigenvalue weighted by Crippen LogP contribution is -2.22. The van der Waals surface area contributed by atoms with Crippen LogP contribution in [0.5, 0.6) is 0 Å². The molecular weight excluding hydrogens is 386 g/mol. The first-order chi connectivity index (χ1) is 15.0. The number of allylic oxidation sites excluding steroid dienone is 7. The van der Waals surface area contributed by atoms with Crippen LogP contribution >= 0.6 is 0 Å². The van der Waals surface area contributed by atoms with Gasteiger partial charge in [0.25, 0.3) is 0 Å². The molecule has 0 saturated heterocycles. The van der Waals surface area contributed by atoms with Crippen molar-refractivity contribution >= 4 is 11.4 Å². The maximum atomic E-state index is 13.3. The van der Waals surface area contributed by atoms with Crippen LogP contribution in [0.3, 0.4) is 0 Å². The van der Waals surface area contributed by atoms with Crippen molar-refractivity contribution in [2.24, 2.45) is 11.3 Å². The van der Waals surface area contributed by atoms with E-state index in [0.29, 0.717) is 24.9 Å². The molecule has 0 unspecified atom stereocenters. The van der Waals surface area contributed by atoms with Gasteiger partial charge < -0.3 is 9.47 Å². The van der Waals surface area contributed by atoms with Crippen molar-refractivity contribution < 1.29 is 14.3 Å². The average molecular weight is 418 g/mol. The van der Waals surface area contributed by atoms with Crippen LogP contribution in [0.2, 0.25) is 0 Å². The molecule has 2 heterocycles. The van der Waals surface area contributed by atoms with E-state index in [9.17, 15) is 4.79 Å². The van der Waals surface area contributed by atoms with Gasteiger partial charge in [-0.2, -0.15) is 0 Å². The van der Waals surface area contributed by atoms with Crippen molar-refractivity contribution in [3.8, 4) is 0 Å². The molecule has 1 aromatic heterocycles. The highest BCUT2D eigenvalue weighted by Crippen LogP contribution is 2.56. The van der Waals surface area contributed by atoms with E-state index >= 15 is 0 Å². The summed E-state index contributed by atoms with van der Waals surface area (Å²) in [6.07, 6.45) is 13.9. The molecule has 1 fully saturated rings. The van der Waals surface area contributed by atoms with Crippen LogP contribution in [0.1, 0.15) is 70.2 Å². The number of nitrogens with zero attached hydrogens (tertiary/aromatic N) is 1. The van der Waals surface area contributed by atoms with Gasteiger partial charge in [0, 0.05) is 18.5 Å². The van der Waals surface area contributed by atoms with Crippen LogP contribution in [-0.2, 0) is 20.7 Å². The molecule has 1 saturated carbocycles. The van der Waals surface area contributed by atoms with Gasteiger partial charge >= 0.3 is 0 Å². The zero-order valence-electron chi connectivity index (χ0n) is 18.6. The molecule has 0 amide bonds. The Morgan fingerprint density at radius 3 is 2.71 bits per heavy atom. The number of aromatic nitrogens is 1. The molecule has 5 rings (SSSR count). The topological polar surface area (TPSA) is 48.4 Å². The Hall–Kier alpha value is -2.62. The van der Waals surface area contributed by atoms with Crippen LogP contribution in [-0.4, -0.2) is 17.6 Å². The highest BCUT2D eigenvalue weighted by Gasteiger charge is 2.52. The maximum absolute atomic E-state index is 13.3. The molecule has 1 aromatic rings.